The molecule has 0 radical (unpaired) electrons. The molecule has 0 saturated heterocycles. The zero-order valence-electron chi connectivity index (χ0n) is 8.17. The molecule has 0 fully saturated rings. The molecule has 4 N–H and O–H groups in total. The summed E-state index contributed by atoms with van der Waals surface area (Å²) < 4.78 is 30.1. The van der Waals surface area contributed by atoms with Crippen LogP contribution in [-0.4, -0.2) is 24.0 Å². The van der Waals surface area contributed by atoms with Gasteiger partial charge in [-0.15, -0.1) is 0 Å². The Hall–Kier alpha value is -1.20. The molecule has 0 spiro atoms. The summed E-state index contributed by atoms with van der Waals surface area (Å²) in [5.74, 6) is -2.92. The number of hydrogen-bond donors (Lipinski definition) is 3. The van der Waals surface area contributed by atoms with Gasteiger partial charge in [-0.25, -0.2) is 4.79 Å². The standard InChI is InChI=1S/C7H7NO6S.Li/c8-4-2-1-3(7(10)11)5(9)6(4)15(12,13)14;/h1-2,9H,8H2,(H,10,11)(H,12,13,14);/q;+1/p-1. The van der Waals surface area contributed by atoms with Crippen LogP contribution in [0.5, 0.6) is 5.75 Å². The van der Waals surface area contributed by atoms with Gasteiger partial charge in [-0.05, 0) is 12.1 Å². The molecule has 0 aliphatic heterocycles. The Balaban J connectivity index is 0.00000225. The topological polar surface area (TPSA) is 141 Å². The van der Waals surface area contributed by atoms with Crippen molar-refractivity contribution in [3.05, 3.63) is 17.7 Å². The van der Waals surface area contributed by atoms with E-state index in [1.54, 1.807) is 0 Å². The van der Waals surface area contributed by atoms with Gasteiger partial charge in [-0.3, -0.25) is 4.55 Å². The Morgan fingerprint density at radius 2 is 1.88 bits per heavy atom. The van der Waals surface area contributed by atoms with E-state index in [2.05, 4.69) is 0 Å². The molecule has 0 saturated carbocycles. The summed E-state index contributed by atoms with van der Waals surface area (Å²) in [6.45, 7) is 0. The van der Waals surface area contributed by atoms with E-state index >= 15 is 0 Å². The number of nitrogen functional groups attached to an aromatic ring is 1. The van der Waals surface area contributed by atoms with E-state index in [0.717, 1.165) is 12.1 Å². The molecule has 0 aliphatic rings. The molecule has 9 heteroatoms. The van der Waals surface area contributed by atoms with Gasteiger partial charge in [0.05, 0.1) is 11.3 Å². The fourth-order valence-electron chi connectivity index (χ4n) is 1.01. The molecule has 0 unspecified atom stereocenters. The van der Waals surface area contributed by atoms with Crippen LogP contribution in [0, 0.1) is 0 Å². The van der Waals surface area contributed by atoms with Crippen molar-refractivity contribution >= 4 is 21.8 Å². The summed E-state index contributed by atoms with van der Waals surface area (Å²) in [5.41, 5.74) is 3.88. The number of hydrogen-bond acceptors (Lipinski definition) is 5. The van der Waals surface area contributed by atoms with E-state index in [9.17, 15) is 18.3 Å². The predicted octanol–water partition coefficient (Wildman–Crippen LogP) is -3.71. The van der Waals surface area contributed by atoms with E-state index < -0.39 is 38.0 Å². The largest absolute Gasteiger partial charge is 1.00 e. The molecule has 16 heavy (non-hydrogen) atoms. The summed E-state index contributed by atoms with van der Waals surface area (Å²) in [4.78, 5) is 9.39. The molecule has 1 rings (SSSR count). The van der Waals surface area contributed by atoms with Gasteiger partial charge in [-0.1, -0.05) is 5.75 Å². The number of aromatic carboxylic acids is 1. The average molecular weight is 239 g/mol. The third-order valence-electron chi connectivity index (χ3n) is 1.63. The van der Waals surface area contributed by atoms with Crippen LogP contribution in [0.1, 0.15) is 10.4 Å². The van der Waals surface area contributed by atoms with E-state index in [1.165, 1.54) is 0 Å². The molecule has 1 aromatic carbocycles. The zero-order valence-corrected chi connectivity index (χ0v) is 8.98. The molecular formula is C7H6LiNO6S. The van der Waals surface area contributed by atoms with Crippen molar-refractivity contribution in [2.45, 2.75) is 4.90 Å². The van der Waals surface area contributed by atoms with Gasteiger partial charge in [-0.2, -0.15) is 8.42 Å². The van der Waals surface area contributed by atoms with Gasteiger partial charge in [0.1, 0.15) is 4.90 Å². The first-order valence-corrected chi connectivity index (χ1v) is 4.99. The maximum absolute atomic E-state index is 11.3. The Labute approximate surface area is 103 Å². The van der Waals surface area contributed by atoms with Crippen LogP contribution in [-0.2, 0) is 10.1 Å². The number of anilines is 1. The second-order valence-electron chi connectivity index (χ2n) is 2.64. The molecule has 0 aromatic heterocycles. The van der Waals surface area contributed by atoms with Gasteiger partial charge in [0.25, 0.3) is 10.1 Å². The molecular weight excluding hydrogens is 233 g/mol. The fourth-order valence-corrected chi connectivity index (χ4v) is 1.72. The van der Waals surface area contributed by atoms with Crippen molar-refractivity contribution in [1.29, 1.82) is 0 Å². The van der Waals surface area contributed by atoms with Crippen LogP contribution in [0.3, 0.4) is 0 Å². The van der Waals surface area contributed by atoms with Crippen molar-refractivity contribution in [3.63, 3.8) is 0 Å². The van der Waals surface area contributed by atoms with E-state index in [1.807, 2.05) is 0 Å². The molecule has 1 aromatic rings. The van der Waals surface area contributed by atoms with Crippen LogP contribution in [0.25, 0.3) is 0 Å². The molecule has 0 amide bonds. The number of carboxylic acids is 1. The number of nitrogens with two attached hydrogens (primary N) is 1. The third-order valence-corrected chi connectivity index (χ3v) is 2.57. The van der Waals surface area contributed by atoms with Crippen molar-refractivity contribution in [1.82, 2.24) is 0 Å². The third kappa shape index (κ3) is 2.68. The maximum Gasteiger partial charge on any atom is 1.00 e. The van der Waals surface area contributed by atoms with E-state index in [-0.39, 0.29) is 18.9 Å². The van der Waals surface area contributed by atoms with Crippen molar-refractivity contribution in [2.24, 2.45) is 0 Å². The monoisotopic (exact) mass is 239 g/mol. The fraction of sp³-hybridized carbons (Fsp3) is 0. The average Bonchev–Trinajstić information content (AvgIpc) is 2.00. The minimum atomic E-state index is -4.82. The van der Waals surface area contributed by atoms with Crippen molar-refractivity contribution in [3.8, 4) is 5.75 Å². The normalized spacial score (nSPS) is 10.6. The second kappa shape index (κ2) is 4.76. The van der Waals surface area contributed by atoms with Crippen LogP contribution in [0.4, 0.5) is 5.69 Å². The molecule has 0 aliphatic carbocycles. The quantitative estimate of drug-likeness (QED) is 0.274. The van der Waals surface area contributed by atoms with Crippen LogP contribution in [0.2, 0.25) is 0 Å². The van der Waals surface area contributed by atoms with Gasteiger partial charge in [0.2, 0.25) is 0 Å². The minimum Gasteiger partial charge on any atom is -0.871 e. The maximum atomic E-state index is 11.3. The summed E-state index contributed by atoms with van der Waals surface area (Å²) >= 11 is 0. The second-order valence-corrected chi connectivity index (χ2v) is 4.00. The van der Waals surface area contributed by atoms with Gasteiger partial charge < -0.3 is 15.9 Å². The van der Waals surface area contributed by atoms with Crippen LogP contribution in [0.15, 0.2) is 17.0 Å². The molecule has 0 heterocycles. The number of rotatable bonds is 2. The van der Waals surface area contributed by atoms with Crippen LogP contribution >= 0.6 is 0 Å². The number of carboxylic acid groups (broad SMARTS) is 1. The van der Waals surface area contributed by atoms with Crippen molar-refractivity contribution < 1.29 is 46.8 Å². The van der Waals surface area contributed by atoms with Crippen molar-refractivity contribution in [2.75, 3.05) is 5.73 Å². The first kappa shape index (κ1) is 14.8. The molecule has 0 bridgehead atoms. The molecule has 0 atom stereocenters. The Kier molecular flexibility index (Phi) is 4.40. The Morgan fingerprint density at radius 3 is 2.25 bits per heavy atom. The SMILES string of the molecule is Nc1ccc(C(=O)O)c([O-])c1S(=O)(=O)O.[Li+]. The number of carbonyl (C=O) groups is 1. The van der Waals surface area contributed by atoms with E-state index in [0.29, 0.717) is 0 Å². The minimum absolute atomic E-state index is 0. The molecule has 82 valence electrons. The first-order chi connectivity index (χ1) is 6.75. The summed E-state index contributed by atoms with van der Waals surface area (Å²) in [5, 5.41) is 19.8. The Morgan fingerprint density at radius 1 is 1.38 bits per heavy atom. The smallest absolute Gasteiger partial charge is 0.871 e. The van der Waals surface area contributed by atoms with Gasteiger partial charge >= 0.3 is 24.8 Å². The summed E-state index contributed by atoms with van der Waals surface area (Å²) in [7, 11) is -4.82. The summed E-state index contributed by atoms with van der Waals surface area (Å²) in [6.07, 6.45) is 0. The predicted molar refractivity (Wildman–Crippen MR) is 47.1 cm³/mol. The molecule has 7 nitrogen and oxygen atoms in total. The summed E-state index contributed by atoms with van der Waals surface area (Å²) in [6, 6.07) is 1.79. The van der Waals surface area contributed by atoms with Gasteiger partial charge in [0.15, 0.2) is 0 Å². The first-order valence-electron chi connectivity index (χ1n) is 3.55. The Bertz CT molecular complexity index is 526. The zero-order chi connectivity index (χ0) is 11.8. The number of benzene rings is 1. The van der Waals surface area contributed by atoms with Crippen LogP contribution < -0.4 is 29.7 Å². The van der Waals surface area contributed by atoms with Gasteiger partial charge in [0, 0.05) is 0 Å². The van der Waals surface area contributed by atoms with E-state index in [4.69, 9.17) is 15.4 Å².